The summed E-state index contributed by atoms with van der Waals surface area (Å²) >= 11 is 0. The summed E-state index contributed by atoms with van der Waals surface area (Å²) in [7, 11) is 0. The maximum atomic E-state index is 11.5. The van der Waals surface area contributed by atoms with E-state index in [0.717, 1.165) is 16.8 Å². The lowest BCUT2D eigenvalue weighted by Crippen LogP contribution is -2.15. The Hall–Kier alpha value is -3.80. The second-order valence-electron chi connectivity index (χ2n) is 5.43. The van der Waals surface area contributed by atoms with Crippen LogP contribution >= 0.6 is 0 Å². The first-order chi connectivity index (χ1) is 12.7. The number of hydrazone groups is 1. The van der Waals surface area contributed by atoms with Gasteiger partial charge in [0.1, 0.15) is 11.4 Å². The van der Waals surface area contributed by atoms with Gasteiger partial charge in [0.15, 0.2) is 0 Å². The van der Waals surface area contributed by atoms with E-state index in [1.807, 2.05) is 36.5 Å². The first-order valence-electron chi connectivity index (χ1n) is 7.90. The number of aromatic nitrogens is 5. The third kappa shape index (κ3) is 3.99. The summed E-state index contributed by atoms with van der Waals surface area (Å²) < 4.78 is 1.71. The van der Waals surface area contributed by atoms with Gasteiger partial charge in [0, 0.05) is 17.3 Å². The van der Waals surface area contributed by atoms with Gasteiger partial charge in [-0.25, -0.2) is 5.43 Å². The summed E-state index contributed by atoms with van der Waals surface area (Å²) in [5.74, 6) is 0.148. The molecule has 0 aliphatic carbocycles. The Morgan fingerprint density at radius 2 is 2.15 bits per heavy atom. The molecule has 26 heavy (non-hydrogen) atoms. The Bertz CT molecular complexity index is 1010. The number of nitrogens with one attached hydrogen (secondary N) is 2. The standard InChI is InChI=1S/C17H16N8O/c1-12-16(26)20-17(23-21-12)22-19-10-14-11-25(9-5-8-18)24-15(14)13-6-3-2-4-7-13/h2-4,6-7,10-11H,5,9H2,1H3,(H2,20,22,23,26)/b19-10-. The third-order valence-corrected chi connectivity index (χ3v) is 3.52. The fourth-order valence-corrected chi connectivity index (χ4v) is 2.24. The molecular weight excluding hydrogens is 332 g/mol. The zero-order chi connectivity index (χ0) is 18.4. The van der Waals surface area contributed by atoms with Crippen molar-refractivity contribution in [2.24, 2.45) is 5.10 Å². The summed E-state index contributed by atoms with van der Waals surface area (Å²) in [5, 5.41) is 24.9. The molecule has 130 valence electrons. The van der Waals surface area contributed by atoms with Crippen molar-refractivity contribution >= 4 is 12.2 Å². The fourth-order valence-electron chi connectivity index (χ4n) is 2.24. The number of nitrogens with zero attached hydrogens (tertiary/aromatic N) is 6. The molecule has 3 aromatic rings. The van der Waals surface area contributed by atoms with E-state index in [4.69, 9.17) is 5.26 Å². The molecule has 2 aromatic heterocycles. The lowest BCUT2D eigenvalue weighted by atomic mass is 10.1. The minimum absolute atomic E-state index is 0.148. The van der Waals surface area contributed by atoms with Gasteiger partial charge in [-0.15, -0.1) is 10.2 Å². The molecule has 0 unspecified atom stereocenters. The van der Waals surface area contributed by atoms with Crippen molar-refractivity contribution in [3.05, 3.63) is 58.1 Å². The van der Waals surface area contributed by atoms with Gasteiger partial charge >= 0.3 is 0 Å². The summed E-state index contributed by atoms with van der Waals surface area (Å²) in [6.07, 6.45) is 3.76. The largest absolute Gasteiger partial charge is 0.288 e. The van der Waals surface area contributed by atoms with Gasteiger partial charge in [0.2, 0.25) is 5.95 Å². The summed E-state index contributed by atoms with van der Waals surface area (Å²) in [6, 6.07) is 11.8. The van der Waals surface area contributed by atoms with Crippen LogP contribution in [0.3, 0.4) is 0 Å². The maximum Gasteiger partial charge on any atom is 0.274 e. The highest BCUT2D eigenvalue weighted by Gasteiger charge is 2.09. The van der Waals surface area contributed by atoms with Crippen LogP contribution in [0.15, 0.2) is 46.4 Å². The number of aromatic amines is 1. The highest BCUT2D eigenvalue weighted by atomic mass is 16.1. The Morgan fingerprint density at radius 3 is 2.88 bits per heavy atom. The number of anilines is 1. The van der Waals surface area contributed by atoms with Gasteiger partial charge < -0.3 is 0 Å². The highest BCUT2D eigenvalue weighted by Crippen LogP contribution is 2.20. The van der Waals surface area contributed by atoms with Crippen LogP contribution in [0.4, 0.5) is 5.95 Å². The van der Waals surface area contributed by atoms with Gasteiger partial charge in [0.25, 0.3) is 5.56 Å². The zero-order valence-corrected chi connectivity index (χ0v) is 14.0. The predicted octanol–water partition coefficient (Wildman–Crippen LogP) is 1.70. The molecule has 0 atom stereocenters. The first kappa shape index (κ1) is 17.0. The van der Waals surface area contributed by atoms with Crippen molar-refractivity contribution in [1.82, 2.24) is 25.0 Å². The fraction of sp³-hybridized carbons (Fsp3) is 0.176. The van der Waals surface area contributed by atoms with Crippen molar-refractivity contribution in [3.63, 3.8) is 0 Å². The van der Waals surface area contributed by atoms with Gasteiger partial charge in [-0.2, -0.15) is 15.5 Å². The van der Waals surface area contributed by atoms with Crippen LogP contribution in [0.5, 0.6) is 0 Å². The van der Waals surface area contributed by atoms with Crippen LogP contribution in [-0.2, 0) is 6.54 Å². The van der Waals surface area contributed by atoms with E-state index in [9.17, 15) is 4.79 Å². The number of hydrogen-bond donors (Lipinski definition) is 2. The Balaban J connectivity index is 1.85. The minimum Gasteiger partial charge on any atom is -0.288 e. The van der Waals surface area contributed by atoms with Crippen LogP contribution in [0, 0.1) is 18.3 Å². The van der Waals surface area contributed by atoms with Crippen LogP contribution in [0.1, 0.15) is 17.7 Å². The van der Waals surface area contributed by atoms with Crippen LogP contribution in [-0.4, -0.2) is 31.2 Å². The van der Waals surface area contributed by atoms with Crippen molar-refractivity contribution in [1.29, 1.82) is 5.26 Å². The molecular formula is C17H16N8O. The molecule has 0 fully saturated rings. The predicted molar refractivity (Wildman–Crippen MR) is 96.5 cm³/mol. The zero-order valence-electron chi connectivity index (χ0n) is 14.0. The lowest BCUT2D eigenvalue weighted by Gasteiger charge is -1.99. The molecule has 0 radical (unpaired) electrons. The van der Waals surface area contributed by atoms with Gasteiger partial charge in [0.05, 0.1) is 25.2 Å². The van der Waals surface area contributed by atoms with Gasteiger partial charge in [-0.05, 0) is 6.92 Å². The Labute approximate surface area is 149 Å². The monoisotopic (exact) mass is 348 g/mol. The molecule has 2 heterocycles. The van der Waals surface area contributed by atoms with Gasteiger partial charge in [-0.1, -0.05) is 30.3 Å². The topological polar surface area (TPSA) is 125 Å². The second kappa shape index (κ2) is 7.85. The smallest absolute Gasteiger partial charge is 0.274 e. The summed E-state index contributed by atoms with van der Waals surface area (Å²) in [6.45, 7) is 2.06. The number of benzene rings is 1. The molecule has 3 rings (SSSR count). The number of nitriles is 1. The average molecular weight is 348 g/mol. The quantitative estimate of drug-likeness (QED) is 0.516. The molecule has 9 nitrogen and oxygen atoms in total. The SMILES string of the molecule is Cc1nnc(N/N=C\c2cn(CCC#N)nc2-c2ccccc2)[nH]c1=O. The van der Waals surface area contributed by atoms with Crippen molar-refractivity contribution < 1.29 is 0 Å². The highest BCUT2D eigenvalue weighted by molar-refractivity contribution is 5.88. The van der Waals surface area contributed by atoms with Crippen LogP contribution < -0.4 is 11.0 Å². The van der Waals surface area contributed by atoms with Crippen LogP contribution in [0.2, 0.25) is 0 Å². The van der Waals surface area contributed by atoms with Crippen molar-refractivity contribution in [2.45, 2.75) is 19.9 Å². The number of rotatable bonds is 6. The van der Waals surface area contributed by atoms with E-state index in [0.29, 0.717) is 13.0 Å². The number of hydrogen-bond acceptors (Lipinski definition) is 7. The molecule has 9 heteroatoms. The van der Waals surface area contributed by atoms with E-state index in [1.165, 1.54) is 0 Å². The molecule has 0 bridgehead atoms. The normalized spacial score (nSPS) is 10.8. The van der Waals surface area contributed by atoms with Crippen molar-refractivity contribution in [3.8, 4) is 17.3 Å². The molecule has 2 N–H and O–H groups in total. The molecule has 0 saturated carbocycles. The van der Waals surface area contributed by atoms with E-state index >= 15 is 0 Å². The Morgan fingerprint density at radius 1 is 1.35 bits per heavy atom. The molecule has 0 saturated heterocycles. The van der Waals surface area contributed by atoms with Crippen molar-refractivity contribution in [2.75, 3.05) is 5.43 Å². The van der Waals surface area contributed by atoms with Gasteiger partial charge in [-0.3, -0.25) is 14.5 Å². The molecule has 0 aliphatic heterocycles. The third-order valence-electron chi connectivity index (χ3n) is 3.52. The minimum atomic E-state index is -0.327. The number of aryl methyl sites for hydroxylation is 2. The van der Waals surface area contributed by atoms with E-state index < -0.39 is 0 Å². The maximum absolute atomic E-state index is 11.5. The summed E-state index contributed by atoms with van der Waals surface area (Å²) in [4.78, 5) is 14.1. The first-order valence-corrected chi connectivity index (χ1v) is 7.90. The molecule has 0 aliphatic rings. The summed E-state index contributed by atoms with van der Waals surface area (Å²) in [5.41, 5.74) is 5.05. The molecule has 1 aromatic carbocycles. The molecule has 0 spiro atoms. The second-order valence-corrected chi connectivity index (χ2v) is 5.43. The average Bonchev–Trinajstić information content (AvgIpc) is 3.07. The number of H-pyrrole nitrogens is 1. The molecule has 0 amide bonds. The van der Waals surface area contributed by atoms with Crippen LogP contribution in [0.25, 0.3) is 11.3 Å². The Kier molecular flexibility index (Phi) is 5.14. The lowest BCUT2D eigenvalue weighted by molar-refractivity contribution is 0.629. The van der Waals surface area contributed by atoms with E-state index in [-0.39, 0.29) is 17.2 Å². The van der Waals surface area contributed by atoms with E-state index in [1.54, 1.807) is 17.8 Å². The van der Waals surface area contributed by atoms with E-state index in [2.05, 4.69) is 36.9 Å².